The summed E-state index contributed by atoms with van der Waals surface area (Å²) in [6, 6.07) is 5.27. The maximum Gasteiger partial charge on any atom is 0.342 e. The fraction of sp³-hybridized carbons (Fsp3) is 0.353. The molecule has 0 saturated carbocycles. The molecule has 1 aromatic carbocycles. The Balaban J connectivity index is 1.91. The van der Waals surface area contributed by atoms with Crippen LogP contribution in [-0.2, 0) is 11.2 Å². The highest BCUT2D eigenvalue weighted by Gasteiger charge is 2.08. The van der Waals surface area contributed by atoms with Crippen molar-refractivity contribution in [2.45, 2.75) is 32.8 Å². The van der Waals surface area contributed by atoms with Crippen LogP contribution in [0.4, 0.5) is 0 Å². The van der Waals surface area contributed by atoms with E-state index >= 15 is 0 Å². The van der Waals surface area contributed by atoms with E-state index in [4.69, 9.17) is 9.47 Å². The lowest BCUT2D eigenvalue weighted by molar-refractivity contribution is -0.121. The molecule has 0 aliphatic rings. The molecule has 0 aliphatic carbocycles. The lowest BCUT2D eigenvalue weighted by atomic mass is 10.2. The molecular formula is C17H21N5O5. The first-order chi connectivity index (χ1) is 12.9. The SMILES string of the molecule is COc1cc(/C=N/NC(=O)CCc2n[nH]c(=O)[nH]c2=O)ccc1OC(C)C. The van der Waals surface area contributed by atoms with Crippen LogP contribution in [0.2, 0.25) is 0 Å². The number of H-pyrrole nitrogens is 2. The molecule has 27 heavy (non-hydrogen) atoms. The second-order valence-corrected chi connectivity index (χ2v) is 5.82. The first-order valence-electron chi connectivity index (χ1n) is 8.23. The molecule has 0 bridgehead atoms. The van der Waals surface area contributed by atoms with Gasteiger partial charge in [-0.05, 0) is 37.6 Å². The van der Waals surface area contributed by atoms with Crippen LogP contribution >= 0.6 is 0 Å². The predicted molar refractivity (Wildman–Crippen MR) is 98.3 cm³/mol. The average Bonchev–Trinajstić information content (AvgIpc) is 2.61. The van der Waals surface area contributed by atoms with Crippen LogP contribution in [0.1, 0.15) is 31.5 Å². The Morgan fingerprint density at radius 3 is 2.78 bits per heavy atom. The number of aromatic amines is 2. The van der Waals surface area contributed by atoms with Gasteiger partial charge in [-0.2, -0.15) is 10.2 Å². The molecule has 0 atom stereocenters. The van der Waals surface area contributed by atoms with Crippen LogP contribution in [0, 0.1) is 0 Å². The molecule has 10 heteroatoms. The second-order valence-electron chi connectivity index (χ2n) is 5.82. The zero-order valence-corrected chi connectivity index (χ0v) is 15.2. The van der Waals surface area contributed by atoms with E-state index in [1.165, 1.54) is 13.3 Å². The van der Waals surface area contributed by atoms with Crippen LogP contribution in [0.15, 0.2) is 32.9 Å². The molecular weight excluding hydrogens is 354 g/mol. The van der Waals surface area contributed by atoms with Gasteiger partial charge in [0.1, 0.15) is 5.69 Å². The monoisotopic (exact) mass is 375 g/mol. The average molecular weight is 375 g/mol. The fourth-order valence-electron chi connectivity index (χ4n) is 2.12. The zero-order chi connectivity index (χ0) is 19.8. The summed E-state index contributed by atoms with van der Waals surface area (Å²) in [5.41, 5.74) is 1.83. The summed E-state index contributed by atoms with van der Waals surface area (Å²) < 4.78 is 10.9. The highest BCUT2D eigenvalue weighted by molar-refractivity contribution is 5.83. The molecule has 0 fully saturated rings. The van der Waals surface area contributed by atoms with Crippen molar-refractivity contribution >= 4 is 12.1 Å². The molecule has 0 saturated heterocycles. The Bertz CT molecular complexity index is 932. The number of aryl methyl sites for hydroxylation is 1. The summed E-state index contributed by atoms with van der Waals surface area (Å²) in [5, 5.41) is 9.58. The van der Waals surface area contributed by atoms with Crippen molar-refractivity contribution < 1.29 is 14.3 Å². The highest BCUT2D eigenvalue weighted by atomic mass is 16.5. The van der Waals surface area contributed by atoms with Crippen molar-refractivity contribution in [1.29, 1.82) is 0 Å². The first-order valence-corrected chi connectivity index (χ1v) is 8.23. The number of rotatable bonds is 8. The van der Waals surface area contributed by atoms with Crippen molar-refractivity contribution in [2.24, 2.45) is 5.10 Å². The van der Waals surface area contributed by atoms with E-state index in [9.17, 15) is 14.4 Å². The molecule has 0 spiro atoms. The topological polar surface area (TPSA) is 139 Å². The number of carbonyl (C=O) groups is 1. The number of hydrazone groups is 1. The van der Waals surface area contributed by atoms with Gasteiger partial charge in [-0.15, -0.1) is 0 Å². The molecule has 3 N–H and O–H groups in total. The third-order valence-electron chi connectivity index (χ3n) is 3.32. The van der Waals surface area contributed by atoms with E-state index in [-0.39, 0.29) is 24.6 Å². The van der Waals surface area contributed by atoms with E-state index < -0.39 is 17.2 Å². The minimum Gasteiger partial charge on any atom is -0.493 e. The Morgan fingerprint density at radius 1 is 1.33 bits per heavy atom. The van der Waals surface area contributed by atoms with Gasteiger partial charge in [0.05, 0.1) is 19.4 Å². The van der Waals surface area contributed by atoms with Crippen molar-refractivity contribution in [2.75, 3.05) is 7.11 Å². The Kier molecular flexibility index (Phi) is 6.86. The molecule has 2 rings (SSSR count). The number of aromatic nitrogens is 3. The van der Waals surface area contributed by atoms with E-state index in [0.717, 1.165) is 0 Å². The number of nitrogens with zero attached hydrogens (tertiary/aromatic N) is 2. The van der Waals surface area contributed by atoms with Gasteiger partial charge in [0.2, 0.25) is 5.91 Å². The Morgan fingerprint density at radius 2 is 2.11 bits per heavy atom. The first kappa shape index (κ1) is 19.9. The van der Waals surface area contributed by atoms with Crippen LogP contribution in [0.5, 0.6) is 11.5 Å². The van der Waals surface area contributed by atoms with Gasteiger partial charge in [0.25, 0.3) is 5.56 Å². The number of methoxy groups -OCH3 is 1. The van der Waals surface area contributed by atoms with Crippen molar-refractivity contribution in [3.63, 3.8) is 0 Å². The van der Waals surface area contributed by atoms with Gasteiger partial charge in [0, 0.05) is 12.8 Å². The number of hydrogen-bond donors (Lipinski definition) is 3. The maximum absolute atomic E-state index is 11.8. The summed E-state index contributed by atoms with van der Waals surface area (Å²) in [4.78, 5) is 36.2. The number of ether oxygens (including phenoxy) is 2. The van der Waals surface area contributed by atoms with Crippen molar-refractivity contribution in [3.05, 3.63) is 50.3 Å². The summed E-state index contributed by atoms with van der Waals surface area (Å²) in [5.74, 6) is 0.778. The number of nitrogens with one attached hydrogen (secondary N) is 3. The maximum atomic E-state index is 11.8. The third-order valence-corrected chi connectivity index (χ3v) is 3.32. The van der Waals surface area contributed by atoms with Crippen LogP contribution < -0.4 is 26.1 Å². The van der Waals surface area contributed by atoms with Gasteiger partial charge in [-0.25, -0.2) is 15.3 Å². The third kappa shape index (κ3) is 6.10. The minimum atomic E-state index is -0.696. The quantitative estimate of drug-likeness (QED) is 0.449. The molecule has 0 unspecified atom stereocenters. The predicted octanol–water partition coefficient (Wildman–Crippen LogP) is 0.337. The second kappa shape index (κ2) is 9.32. The van der Waals surface area contributed by atoms with Gasteiger partial charge < -0.3 is 9.47 Å². The summed E-state index contributed by atoms with van der Waals surface area (Å²) in [6.45, 7) is 3.83. The van der Waals surface area contributed by atoms with E-state index in [2.05, 4.69) is 20.7 Å². The summed E-state index contributed by atoms with van der Waals surface area (Å²) in [7, 11) is 1.54. The summed E-state index contributed by atoms with van der Waals surface area (Å²) >= 11 is 0. The number of carbonyl (C=O) groups excluding carboxylic acids is 1. The van der Waals surface area contributed by atoms with Gasteiger partial charge in [-0.1, -0.05) is 0 Å². The van der Waals surface area contributed by atoms with Crippen LogP contribution in [0.3, 0.4) is 0 Å². The van der Waals surface area contributed by atoms with Gasteiger partial charge in [-0.3, -0.25) is 14.6 Å². The molecule has 144 valence electrons. The molecule has 0 aliphatic heterocycles. The van der Waals surface area contributed by atoms with E-state index in [1.807, 2.05) is 18.8 Å². The lowest BCUT2D eigenvalue weighted by Crippen LogP contribution is -2.28. The zero-order valence-electron chi connectivity index (χ0n) is 15.2. The molecule has 1 heterocycles. The smallest absolute Gasteiger partial charge is 0.342 e. The number of hydrogen-bond acceptors (Lipinski definition) is 7. The highest BCUT2D eigenvalue weighted by Crippen LogP contribution is 2.28. The Hall–Kier alpha value is -3.43. The number of amides is 1. The standard InChI is InChI=1S/C17H21N5O5/c1-10(2)27-13-6-4-11(8-14(13)26-3)9-18-21-15(23)7-5-12-16(24)19-17(25)22-20-12/h4,6,8-10H,5,7H2,1-3H3,(H,21,23)(H2,19,22,24,25)/b18-9+. The largest absolute Gasteiger partial charge is 0.493 e. The van der Waals surface area contributed by atoms with Crippen LogP contribution in [0.25, 0.3) is 0 Å². The fourth-order valence-corrected chi connectivity index (χ4v) is 2.12. The van der Waals surface area contributed by atoms with Crippen molar-refractivity contribution in [1.82, 2.24) is 20.6 Å². The molecule has 10 nitrogen and oxygen atoms in total. The van der Waals surface area contributed by atoms with Crippen molar-refractivity contribution in [3.8, 4) is 11.5 Å². The van der Waals surface area contributed by atoms with E-state index in [0.29, 0.717) is 17.1 Å². The number of benzene rings is 1. The minimum absolute atomic E-state index is 0.00997. The normalized spacial score (nSPS) is 11.0. The molecule has 1 aromatic heterocycles. The molecule has 1 amide bonds. The lowest BCUT2D eigenvalue weighted by Gasteiger charge is -2.13. The molecule has 2 aromatic rings. The van der Waals surface area contributed by atoms with Crippen LogP contribution in [-0.4, -0.2) is 40.5 Å². The summed E-state index contributed by atoms with van der Waals surface area (Å²) in [6.07, 6.45) is 1.54. The Labute approximate surface area is 154 Å². The van der Waals surface area contributed by atoms with Gasteiger partial charge in [0.15, 0.2) is 11.5 Å². The van der Waals surface area contributed by atoms with E-state index in [1.54, 1.807) is 18.2 Å². The molecule has 0 radical (unpaired) electrons. The van der Waals surface area contributed by atoms with Gasteiger partial charge >= 0.3 is 5.69 Å².